The number of phenolic OH excluding ortho intramolecular Hbond substituents is 1. The molecule has 0 saturated carbocycles. The molecule has 4 rings (SSSR count). The SMILES string of the molecule is CCCc1c(-c2cc(CN3CCN(C(=O)CC)CC3)c(O)c(CN3CCN(C(=O)CC)CC3)c2)ssc1=S. The maximum atomic E-state index is 12.1. The molecule has 0 radical (unpaired) electrons. The average Bonchev–Trinajstić information content (AvgIpc) is 3.30. The molecule has 10 heteroatoms. The van der Waals surface area contributed by atoms with Crippen LogP contribution in [0, 0.1) is 3.82 Å². The lowest BCUT2D eigenvalue weighted by molar-refractivity contribution is -0.133. The quantitative estimate of drug-likeness (QED) is 0.336. The van der Waals surface area contributed by atoms with E-state index in [-0.39, 0.29) is 11.8 Å². The van der Waals surface area contributed by atoms with Crippen molar-refractivity contribution >= 4 is 44.7 Å². The Morgan fingerprint density at radius 2 is 1.29 bits per heavy atom. The fourth-order valence-electron chi connectivity index (χ4n) is 5.33. The molecule has 0 spiro atoms. The van der Waals surface area contributed by atoms with Crippen molar-refractivity contribution in [3.63, 3.8) is 0 Å². The number of nitrogens with zero attached hydrogens (tertiary/aromatic N) is 4. The summed E-state index contributed by atoms with van der Waals surface area (Å²) in [6.07, 6.45) is 3.08. The first-order valence-electron chi connectivity index (χ1n) is 13.8. The summed E-state index contributed by atoms with van der Waals surface area (Å²) in [7, 11) is 3.40. The fourth-order valence-corrected chi connectivity index (χ4v) is 8.32. The summed E-state index contributed by atoms with van der Waals surface area (Å²) in [6, 6.07) is 4.29. The molecular weight excluding hydrogens is 537 g/mol. The highest BCUT2D eigenvalue weighted by atomic mass is 32.9. The molecule has 2 aromatic rings. The molecule has 2 fully saturated rings. The second kappa shape index (κ2) is 13.5. The summed E-state index contributed by atoms with van der Waals surface area (Å²) in [5, 5.41) is 11.5. The van der Waals surface area contributed by atoms with E-state index < -0.39 is 0 Å². The number of hydrogen-bond donors (Lipinski definition) is 1. The number of carbonyl (C=O) groups excluding carboxylic acids is 2. The lowest BCUT2D eigenvalue weighted by Gasteiger charge is -2.36. The van der Waals surface area contributed by atoms with Crippen LogP contribution in [-0.4, -0.2) is 88.9 Å². The summed E-state index contributed by atoms with van der Waals surface area (Å²) in [6.45, 7) is 13.4. The van der Waals surface area contributed by atoms with E-state index in [4.69, 9.17) is 12.2 Å². The van der Waals surface area contributed by atoms with E-state index in [0.29, 0.717) is 31.7 Å². The number of phenols is 1. The second-order valence-electron chi connectivity index (χ2n) is 10.2. The van der Waals surface area contributed by atoms with Crippen molar-refractivity contribution < 1.29 is 14.7 Å². The Labute approximate surface area is 239 Å². The van der Waals surface area contributed by atoms with Crippen molar-refractivity contribution in [2.24, 2.45) is 0 Å². The Balaban J connectivity index is 1.58. The molecule has 2 amide bonds. The van der Waals surface area contributed by atoms with Gasteiger partial charge in [0.25, 0.3) is 0 Å². The van der Waals surface area contributed by atoms with Crippen molar-refractivity contribution in [1.29, 1.82) is 0 Å². The first-order chi connectivity index (χ1) is 18.3. The van der Waals surface area contributed by atoms with E-state index in [9.17, 15) is 14.7 Å². The number of aromatic hydroxyl groups is 1. The molecule has 7 nitrogen and oxygen atoms in total. The average molecular weight is 577 g/mol. The first-order valence-corrected chi connectivity index (χ1v) is 16.4. The van der Waals surface area contributed by atoms with Crippen LogP contribution in [0.2, 0.25) is 0 Å². The molecule has 0 atom stereocenters. The minimum atomic E-state index is 0.208. The van der Waals surface area contributed by atoms with Crippen LogP contribution in [-0.2, 0) is 29.1 Å². The van der Waals surface area contributed by atoms with Crippen LogP contribution in [0.3, 0.4) is 0 Å². The number of benzene rings is 1. The van der Waals surface area contributed by atoms with Gasteiger partial charge in [-0.2, -0.15) is 0 Å². The van der Waals surface area contributed by atoms with Gasteiger partial charge in [0.05, 0.1) is 4.88 Å². The Bertz CT molecular complexity index is 1120. The third-order valence-corrected chi connectivity index (χ3v) is 10.8. The van der Waals surface area contributed by atoms with Crippen molar-refractivity contribution in [2.75, 3.05) is 52.4 Å². The molecule has 1 aromatic heterocycles. The van der Waals surface area contributed by atoms with Crippen molar-refractivity contribution in [3.05, 3.63) is 32.6 Å². The maximum Gasteiger partial charge on any atom is 0.222 e. The highest BCUT2D eigenvalue weighted by Crippen LogP contribution is 2.39. The van der Waals surface area contributed by atoms with Crippen LogP contribution in [0.5, 0.6) is 5.75 Å². The van der Waals surface area contributed by atoms with Crippen molar-refractivity contribution in [3.8, 4) is 16.2 Å². The number of hydrogen-bond acceptors (Lipinski definition) is 8. The second-order valence-corrected chi connectivity index (χ2v) is 13.0. The van der Waals surface area contributed by atoms with Crippen LogP contribution in [0.4, 0.5) is 0 Å². The molecule has 0 aliphatic carbocycles. The van der Waals surface area contributed by atoms with Crippen LogP contribution < -0.4 is 0 Å². The molecule has 0 unspecified atom stereocenters. The predicted octanol–water partition coefficient (Wildman–Crippen LogP) is 4.97. The molecular formula is C28H40N4O3S3. The summed E-state index contributed by atoms with van der Waals surface area (Å²) < 4.78 is 0.969. The van der Waals surface area contributed by atoms with Gasteiger partial charge in [-0.15, -0.1) is 0 Å². The smallest absolute Gasteiger partial charge is 0.222 e. The minimum absolute atomic E-state index is 0.208. The van der Waals surface area contributed by atoms with Crippen LogP contribution in [0.1, 0.15) is 56.7 Å². The van der Waals surface area contributed by atoms with Gasteiger partial charge in [-0.1, -0.05) is 60.1 Å². The molecule has 208 valence electrons. The van der Waals surface area contributed by atoms with Crippen molar-refractivity contribution in [2.45, 2.75) is 59.5 Å². The predicted molar refractivity (Wildman–Crippen MR) is 158 cm³/mol. The van der Waals surface area contributed by atoms with Crippen LogP contribution in [0.15, 0.2) is 12.1 Å². The Morgan fingerprint density at radius 1 is 0.816 bits per heavy atom. The highest BCUT2D eigenvalue weighted by Gasteiger charge is 2.25. The van der Waals surface area contributed by atoms with Crippen LogP contribution in [0.25, 0.3) is 10.4 Å². The Kier molecular flexibility index (Phi) is 10.3. The Hall–Kier alpha value is -1.85. The third-order valence-electron chi connectivity index (χ3n) is 7.59. The molecule has 1 N–H and O–H groups in total. The van der Waals surface area contributed by atoms with Gasteiger partial charge in [-0.25, -0.2) is 0 Å². The third kappa shape index (κ3) is 6.83. The molecule has 3 heterocycles. The Morgan fingerprint density at radius 3 is 1.71 bits per heavy atom. The first kappa shape index (κ1) is 29.1. The van der Waals surface area contributed by atoms with Crippen molar-refractivity contribution in [1.82, 2.24) is 19.6 Å². The van der Waals surface area contributed by atoms with E-state index in [1.165, 1.54) is 10.4 Å². The number of rotatable bonds is 9. The lowest BCUT2D eigenvalue weighted by atomic mass is 9.99. The molecule has 38 heavy (non-hydrogen) atoms. The van der Waals surface area contributed by atoms with Crippen LogP contribution >= 0.6 is 32.9 Å². The molecule has 2 saturated heterocycles. The standard InChI is InChI=1S/C28H40N4O3S3/c1-4-7-23-27(37-38-28(23)36)20-16-21(18-29-8-12-31(13-9-29)24(33)5-2)26(35)22(17-20)19-30-10-14-32(15-11-30)25(34)6-3/h16-17,35H,4-15,18-19H2,1-3H3. The van der Waals surface area contributed by atoms with Gasteiger partial charge in [-0.05, 0) is 29.7 Å². The zero-order valence-corrected chi connectivity index (χ0v) is 25.3. The summed E-state index contributed by atoms with van der Waals surface area (Å²) in [5.41, 5.74) is 4.24. The normalized spacial score (nSPS) is 17.2. The highest BCUT2D eigenvalue weighted by molar-refractivity contribution is 7.80. The molecule has 2 aliphatic rings. The molecule has 2 aliphatic heterocycles. The van der Waals surface area contributed by atoms with Gasteiger partial charge in [-0.3, -0.25) is 19.4 Å². The summed E-state index contributed by atoms with van der Waals surface area (Å²) >= 11 is 5.67. The molecule has 1 aromatic carbocycles. The largest absolute Gasteiger partial charge is 0.507 e. The monoisotopic (exact) mass is 576 g/mol. The number of amides is 2. The number of piperazine rings is 2. The summed E-state index contributed by atoms with van der Waals surface area (Å²) in [4.78, 5) is 34.0. The zero-order chi connectivity index (χ0) is 27.2. The number of carbonyl (C=O) groups is 2. The lowest BCUT2D eigenvalue weighted by Crippen LogP contribution is -2.48. The maximum absolute atomic E-state index is 12.1. The fraction of sp³-hybridized carbons (Fsp3) is 0.607. The topological polar surface area (TPSA) is 67.3 Å². The van der Waals surface area contributed by atoms with E-state index in [2.05, 4.69) is 28.9 Å². The molecule has 0 bridgehead atoms. The van der Waals surface area contributed by atoms with E-state index in [1.807, 2.05) is 23.6 Å². The van der Waals surface area contributed by atoms with Gasteiger partial charge in [0.2, 0.25) is 11.8 Å². The minimum Gasteiger partial charge on any atom is -0.507 e. The van der Waals surface area contributed by atoms with E-state index in [0.717, 1.165) is 85.7 Å². The summed E-state index contributed by atoms with van der Waals surface area (Å²) in [5.74, 6) is 0.781. The van der Waals surface area contributed by atoms with Gasteiger partial charge < -0.3 is 14.9 Å². The van der Waals surface area contributed by atoms with E-state index >= 15 is 0 Å². The van der Waals surface area contributed by atoms with Gasteiger partial charge in [0, 0.05) is 89.4 Å². The van der Waals surface area contributed by atoms with Gasteiger partial charge in [0.1, 0.15) is 9.57 Å². The van der Waals surface area contributed by atoms with Gasteiger partial charge in [0.15, 0.2) is 0 Å². The zero-order valence-electron chi connectivity index (χ0n) is 22.8. The van der Waals surface area contributed by atoms with Gasteiger partial charge >= 0.3 is 0 Å². The van der Waals surface area contributed by atoms with E-state index in [1.54, 1.807) is 20.7 Å².